The lowest BCUT2D eigenvalue weighted by molar-refractivity contribution is 0.326. The summed E-state index contributed by atoms with van der Waals surface area (Å²) in [5.41, 5.74) is 7.23. The number of likely N-dealkylation sites (tertiary alicyclic amines) is 1. The monoisotopic (exact) mass is 415 g/mol. The molecule has 1 aliphatic rings. The van der Waals surface area contributed by atoms with Gasteiger partial charge in [0.05, 0.1) is 0 Å². The molecular formula is C28H37N3. The molecule has 31 heavy (non-hydrogen) atoms. The van der Waals surface area contributed by atoms with Gasteiger partial charge in [-0.1, -0.05) is 77.9 Å². The second kappa shape index (κ2) is 8.27. The van der Waals surface area contributed by atoms with Gasteiger partial charge in [0.15, 0.2) is 0 Å². The minimum atomic E-state index is 0.0794. The van der Waals surface area contributed by atoms with Crippen molar-refractivity contribution in [1.82, 2.24) is 14.9 Å². The number of aromatic nitrogens is 2. The summed E-state index contributed by atoms with van der Waals surface area (Å²) in [6.45, 7) is 17.1. The van der Waals surface area contributed by atoms with Crippen LogP contribution in [0.4, 0.5) is 0 Å². The van der Waals surface area contributed by atoms with Crippen molar-refractivity contribution in [3.8, 4) is 11.4 Å². The SMILES string of the molecule is CC(C)(C)c1ccc(CN2CCC(c3ccccc3C(C)(C)C)C2)cc1-c1ncc[nH]1. The molecule has 0 saturated carbocycles. The highest BCUT2D eigenvalue weighted by molar-refractivity contribution is 5.63. The average Bonchev–Trinajstić information content (AvgIpc) is 3.39. The van der Waals surface area contributed by atoms with Gasteiger partial charge in [-0.05, 0) is 58.0 Å². The zero-order chi connectivity index (χ0) is 22.2. The molecule has 3 aromatic rings. The number of aromatic amines is 1. The molecule has 1 unspecified atom stereocenters. The summed E-state index contributed by atoms with van der Waals surface area (Å²) in [7, 11) is 0. The molecule has 0 spiro atoms. The highest BCUT2D eigenvalue weighted by atomic mass is 15.1. The Morgan fingerprint density at radius 3 is 2.39 bits per heavy atom. The Bertz CT molecular complexity index is 1020. The van der Waals surface area contributed by atoms with E-state index in [0.717, 1.165) is 25.5 Å². The topological polar surface area (TPSA) is 31.9 Å². The van der Waals surface area contributed by atoms with E-state index in [1.165, 1.54) is 34.2 Å². The molecule has 1 saturated heterocycles. The van der Waals surface area contributed by atoms with Crippen LogP contribution in [0.2, 0.25) is 0 Å². The third-order valence-electron chi connectivity index (χ3n) is 6.53. The normalized spacial score (nSPS) is 17.9. The lowest BCUT2D eigenvalue weighted by atomic mass is 9.80. The van der Waals surface area contributed by atoms with E-state index >= 15 is 0 Å². The van der Waals surface area contributed by atoms with E-state index in [9.17, 15) is 0 Å². The third kappa shape index (κ3) is 4.77. The molecule has 0 bridgehead atoms. The first-order valence-corrected chi connectivity index (χ1v) is 11.6. The molecule has 2 heterocycles. The maximum Gasteiger partial charge on any atom is 0.137 e. The number of benzene rings is 2. The summed E-state index contributed by atoms with van der Waals surface area (Å²) < 4.78 is 0. The van der Waals surface area contributed by atoms with Gasteiger partial charge in [-0.25, -0.2) is 4.98 Å². The third-order valence-corrected chi connectivity index (χ3v) is 6.53. The molecule has 0 radical (unpaired) electrons. The van der Waals surface area contributed by atoms with Crippen LogP contribution in [0.15, 0.2) is 54.9 Å². The number of H-pyrrole nitrogens is 1. The minimum absolute atomic E-state index is 0.0794. The van der Waals surface area contributed by atoms with Crippen molar-refractivity contribution in [2.75, 3.05) is 13.1 Å². The molecule has 0 aliphatic carbocycles. The van der Waals surface area contributed by atoms with Gasteiger partial charge in [0.1, 0.15) is 5.82 Å². The summed E-state index contributed by atoms with van der Waals surface area (Å²) in [4.78, 5) is 10.5. The first kappa shape index (κ1) is 21.8. The van der Waals surface area contributed by atoms with E-state index in [-0.39, 0.29) is 10.8 Å². The van der Waals surface area contributed by atoms with Gasteiger partial charge in [0.2, 0.25) is 0 Å². The summed E-state index contributed by atoms with van der Waals surface area (Å²) in [6.07, 6.45) is 4.98. The van der Waals surface area contributed by atoms with Gasteiger partial charge in [0.25, 0.3) is 0 Å². The Morgan fingerprint density at radius 2 is 1.71 bits per heavy atom. The van der Waals surface area contributed by atoms with E-state index in [1.807, 2.05) is 12.4 Å². The Kier molecular flexibility index (Phi) is 5.83. The highest BCUT2D eigenvalue weighted by Crippen LogP contribution is 2.36. The average molecular weight is 416 g/mol. The smallest absolute Gasteiger partial charge is 0.137 e. The number of nitrogens with one attached hydrogen (secondary N) is 1. The molecule has 164 valence electrons. The maximum atomic E-state index is 4.55. The molecule has 0 amide bonds. The van der Waals surface area contributed by atoms with Gasteiger partial charge in [0, 0.05) is 31.0 Å². The van der Waals surface area contributed by atoms with Gasteiger partial charge >= 0.3 is 0 Å². The molecule has 1 atom stereocenters. The summed E-state index contributed by atoms with van der Waals surface area (Å²) in [5, 5.41) is 0. The van der Waals surface area contributed by atoms with E-state index in [1.54, 1.807) is 0 Å². The van der Waals surface area contributed by atoms with Crippen LogP contribution in [-0.2, 0) is 17.4 Å². The molecule has 1 fully saturated rings. The van der Waals surface area contributed by atoms with Crippen molar-refractivity contribution in [3.05, 3.63) is 77.1 Å². The summed E-state index contributed by atoms with van der Waals surface area (Å²) in [5.74, 6) is 1.58. The number of imidazole rings is 1. The van der Waals surface area contributed by atoms with Crippen molar-refractivity contribution in [2.24, 2.45) is 0 Å². The van der Waals surface area contributed by atoms with Gasteiger partial charge in [-0.2, -0.15) is 0 Å². The van der Waals surface area contributed by atoms with Crippen LogP contribution >= 0.6 is 0 Å². The lowest BCUT2D eigenvalue weighted by Gasteiger charge is -2.26. The molecule has 3 heteroatoms. The standard InChI is InChI=1S/C28H37N3/c1-27(2,3)24-10-8-7-9-22(24)21-13-16-31(19-21)18-20-11-12-25(28(4,5)6)23(17-20)26-29-14-15-30-26/h7-12,14-15,17,21H,13,16,18-19H2,1-6H3,(H,29,30). The first-order valence-electron chi connectivity index (χ1n) is 11.6. The number of rotatable bonds is 4. The van der Waals surface area contributed by atoms with Crippen LogP contribution in [0.5, 0.6) is 0 Å². The highest BCUT2D eigenvalue weighted by Gasteiger charge is 2.29. The van der Waals surface area contributed by atoms with Crippen LogP contribution in [0, 0.1) is 0 Å². The van der Waals surface area contributed by atoms with Crippen LogP contribution < -0.4 is 0 Å². The molecular weight excluding hydrogens is 378 g/mol. The van der Waals surface area contributed by atoms with Gasteiger partial charge in [-0.15, -0.1) is 0 Å². The molecule has 1 aromatic heterocycles. The van der Waals surface area contributed by atoms with Crippen LogP contribution in [-0.4, -0.2) is 28.0 Å². The zero-order valence-corrected chi connectivity index (χ0v) is 20.0. The van der Waals surface area contributed by atoms with E-state index < -0.39 is 0 Å². The quantitative estimate of drug-likeness (QED) is 0.516. The molecule has 3 nitrogen and oxygen atoms in total. The first-order chi connectivity index (χ1) is 14.6. The number of hydrogen-bond donors (Lipinski definition) is 1. The number of hydrogen-bond acceptors (Lipinski definition) is 2. The van der Waals surface area contributed by atoms with Crippen molar-refractivity contribution in [3.63, 3.8) is 0 Å². The predicted molar refractivity (Wildman–Crippen MR) is 131 cm³/mol. The Hall–Kier alpha value is -2.39. The fraction of sp³-hybridized carbons (Fsp3) is 0.464. The van der Waals surface area contributed by atoms with Crippen molar-refractivity contribution < 1.29 is 0 Å². The zero-order valence-electron chi connectivity index (χ0n) is 20.0. The fourth-order valence-electron chi connectivity index (χ4n) is 4.98. The van der Waals surface area contributed by atoms with E-state index in [2.05, 4.69) is 98.9 Å². The van der Waals surface area contributed by atoms with Crippen LogP contribution in [0.3, 0.4) is 0 Å². The Balaban J connectivity index is 1.55. The van der Waals surface area contributed by atoms with Crippen molar-refractivity contribution in [2.45, 2.75) is 71.3 Å². The largest absolute Gasteiger partial charge is 0.345 e. The van der Waals surface area contributed by atoms with E-state index in [0.29, 0.717) is 5.92 Å². The fourth-order valence-corrected chi connectivity index (χ4v) is 4.98. The van der Waals surface area contributed by atoms with E-state index in [4.69, 9.17) is 0 Å². The van der Waals surface area contributed by atoms with Crippen LogP contribution in [0.1, 0.15) is 76.1 Å². The van der Waals surface area contributed by atoms with Crippen molar-refractivity contribution in [1.29, 1.82) is 0 Å². The Morgan fingerprint density at radius 1 is 0.968 bits per heavy atom. The van der Waals surface area contributed by atoms with Crippen LogP contribution in [0.25, 0.3) is 11.4 Å². The number of nitrogens with zero attached hydrogens (tertiary/aromatic N) is 2. The minimum Gasteiger partial charge on any atom is -0.345 e. The van der Waals surface area contributed by atoms with Gasteiger partial charge in [-0.3, -0.25) is 4.90 Å². The maximum absolute atomic E-state index is 4.55. The second-order valence-electron chi connectivity index (χ2n) is 11.1. The molecule has 2 aromatic carbocycles. The second-order valence-corrected chi connectivity index (χ2v) is 11.1. The predicted octanol–water partition coefficient (Wildman–Crippen LogP) is 6.66. The Labute approximate surface area is 187 Å². The van der Waals surface area contributed by atoms with Gasteiger partial charge < -0.3 is 4.98 Å². The molecule has 1 N–H and O–H groups in total. The lowest BCUT2D eigenvalue weighted by Crippen LogP contribution is -2.21. The summed E-state index contributed by atoms with van der Waals surface area (Å²) >= 11 is 0. The molecule has 4 rings (SSSR count). The molecule has 1 aliphatic heterocycles. The summed E-state index contributed by atoms with van der Waals surface area (Å²) in [6, 6.07) is 16.0. The van der Waals surface area contributed by atoms with Crippen molar-refractivity contribution >= 4 is 0 Å².